The Morgan fingerprint density at radius 1 is 1.61 bits per heavy atom. The predicted octanol–water partition coefficient (Wildman–Crippen LogP) is 2.15. The monoisotopic (exact) mass is 279 g/mol. The Balaban J connectivity index is 2.03. The van der Waals surface area contributed by atoms with E-state index in [1.165, 1.54) is 11.8 Å². The summed E-state index contributed by atoms with van der Waals surface area (Å²) >= 11 is 7.19. The molecular formula is C11H10ClN5S. The standard InChI is InChI=1S/C11H10ClN5S/c1-17(5-8-2-3-9(12)14-4-8)10-6-18-11(16-10)15-7-13/h2-4H,5-6H2,1H3. The maximum Gasteiger partial charge on any atom is 0.208 e. The summed E-state index contributed by atoms with van der Waals surface area (Å²) in [5, 5.41) is 9.46. The Labute approximate surface area is 114 Å². The molecule has 0 aliphatic carbocycles. The molecule has 18 heavy (non-hydrogen) atoms. The van der Waals surface area contributed by atoms with Crippen LogP contribution in [-0.4, -0.2) is 33.7 Å². The van der Waals surface area contributed by atoms with Gasteiger partial charge in [-0.2, -0.15) is 5.26 Å². The molecule has 0 unspecified atom stereocenters. The van der Waals surface area contributed by atoms with Gasteiger partial charge in [-0.05, 0) is 11.6 Å². The van der Waals surface area contributed by atoms with Crippen LogP contribution in [0.3, 0.4) is 0 Å². The number of aliphatic imine (C=N–C) groups is 2. The first-order valence-corrected chi connectivity index (χ1v) is 6.54. The van der Waals surface area contributed by atoms with E-state index in [4.69, 9.17) is 16.9 Å². The number of rotatable bonds is 2. The fourth-order valence-electron chi connectivity index (χ4n) is 1.46. The molecule has 0 atom stereocenters. The van der Waals surface area contributed by atoms with Gasteiger partial charge in [-0.3, -0.25) is 0 Å². The van der Waals surface area contributed by atoms with Gasteiger partial charge >= 0.3 is 0 Å². The Morgan fingerprint density at radius 3 is 3.11 bits per heavy atom. The minimum atomic E-state index is 0.485. The molecule has 0 saturated carbocycles. The van der Waals surface area contributed by atoms with Gasteiger partial charge in [0.1, 0.15) is 11.0 Å². The Morgan fingerprint density at radius 2 is 2.44 bits per heavy atom. The molecule has 0 N–H and O–H groups in total. The molecule has 1 aromatic rings. The number of halogens is 1. The zero-order chi connectivity index (χ0) is 13.0. The molecule has 1 aliphatic rings. The van der Waals surface area contributed by atoms with Crippen molar-refractivity contribution in [1.82, 2.24) is 9.88 Å². The molecule has 1 aromatic heterocycles. The van der Waals surface area contributed by atoms with Crippen molar-refractivity contribution in [2.75, 3.05) is 12.8 Å². The second kappa shape index (κ2) is 5.85. The van der Waals surface area contributed by atoms with Crippen LogP contribution < -0.4 is 0 Å². The van der Waals surface area contributed by atoms with Crippen molar-refractivity contribution < 1.29 is 0 Å². The number of thioether (sulfide) groups is 1. The van der Waals surface area contributed by atoms with E-state index in [0.29, 0.717) is 16.9 Å². The fraction of sp³-hybridized carbons (Fsp3) is 0.273. The number of hydrogen-bond acceptors (Lipinski definition) is 5. The summed E-state index contributed by atoms with van der Waals surface area (Å²) < 4.78 is 0. The van der Waals surface area contributed by atoms with Crippen molar-refractivity contribution in [2.45, 2.75) is 6.54 Å². The zero-order valence-electron chi connectivity index (χ0n) is 9.67. The first-order chi connectivity index (χ1) is 8.69. The summed E-state index contributed by atoms with van der Waals surface area (Å²) in [4.78, 5) is 13.9. The summed E-state index contributed by atoms with van der Waals surface area (Å²) in [6.07, 6.45) is 3.48. The van der Waals surface area contributed by atoms with Crippen LogP contribution in [0.4, 0.5) is 0 Å². The number of nitriles is 1. The van der Waals surface area contributed by atoms with Gasteiger partial charge in [-0.1, -0.05) is 29.4 Å². The smallest absolute Gasteiger partial charge is 0.208 e. The molecule has 0 aromatic carbocycles. The van der Waals surface area contributed by atoms with E-state index in [-0.39, 0.29) is 0 Å². The molecule has 0 fully saturated rings. The molecule has 0 bridgehead atoms. The van der Waals surface area contributed by atoms with E-state index >= 15 is 0 Å². The van der Waals surface area contributed by atoms with Crippen molar-refractivity contribution in [3.05, 3.63) is 29.0 Å². The van der Waals surface area contributed by atoms with Crippen LogP contribution in [0, 0.1) is 11.5 Å². The molecule has 92 valence electrons. The van der Waals surface area contributed by atoms with Gasteiger partial charge in [0.05, 0.1) is 5.75 Å². The lowest BCUT2D eigenvalue weighted by Gasteiger charge is -2.17. The van der Waals surface area contributed by atoms with E-state index in [0.717, 1.165) is 17.2 Å². The van der Waals surface area contributed by atoms with E-state index in [9.17, 15) is 0 Å². The highest BCUT2D eigenvalue weighted by atomic mass is 35.5. The molecule has 1 aliphatic heterocycles. The van der Waals surface area contributed by atoms with Gasteiger partial charge in [-0.25, -0.2) is 9.98 Å². The molecule has 2 rings (SSSR count). The van der Waals surface area contributed by atoms with Crippen molar-refractivity contribution in [3.63, 3.8) is 0 Å². The summed E-state index contributed by atoms with van der Waals surface area (Å²) in [5.74, 6) is 1.64. The van der Waals surface area contributed by atoms with E-state index < -0.39 is 0 Å². The minimum absolute atomic E-state index is 0.485. The number of hydrogen-bond donors (Lipinski definition) is 0. The molecule has 0 radical (unpaired) electrons. The maximum absolute atomic E-state index is 8.46. The minimum Gasteiger partial charge on any atom is -0.358 e. The highest BCUT2D eigenvalue weighted by molar-refractivity contribution is 8.14. The van der Waals surface area contributed by atoms with Crippen LogP contribution in [0.1, 0.15) is 5.56 Å². The summed E-state index contributed by atoms with van der Waals surface area (Å²) in [6.45, 7) is 0.698. The van der Waals surface area contributed by atoms with Gasteiger partial charge in [-0.15, -0.1) is 4.99 Å². The predicted molar refractivity (Wildman–Crippen MR) is 73.7 cm³/mol. The lowest BCUT2D eigenvalue weighted by molar-refractivity contribution is 0.499. The lowest BCUT2D eigenvalue weighted by atomic mass is 10.3. The van der Waals surface area contributed by atoms with E-state index in [1.807, 2.05) is 18.0 Å². The summed E-state index contributed by atoms with van der Waals surface area (Å²) in [7, 11) is 1.95. The molecule has 0 spiro atoms. The van der Waals surface area contributed by atoms with Crippen LogP contribution in [0.15, 0.2) is 28.3 Å². The number of aromatic nitrogens is 1. The van der Waals surface area contributed by atoms with E-state index in [1.54, 1.807) is 18.5 Å². The van der Waals surface area contributed by atoms with E-state index in [2.05, 4.69) is 15.0 Å². The molecular weight excluding hydrogens is 270 g/mol. The highest BCUT2D eigenvalue weighted by Crippen LogP contribution is 2.17. The second-order valence-corrected chi connectivity index (χ2v) is 4.99. The summed E-state index contributed by atoms with van der Waals surface area (Å²) in [6, 6.07) is 3.69. The third-order valence-electron chi connectivity index (χ3n) is 2.35. The normalized spacial score (nSPS) is 16.5. The van der Waals surface area contributed by atoms with Gasteiger partial charge in [0.2, 0.25) is 11.4 Å². The molecule has 2 heterocycles. The fourth-order valence-corrected chi connectivity index (χ4v) is 2.39. The number of amidine groups is 2. The van der Waals surface area contributed by atoms with Crippen LogP contribution in [-0.2, 0) is 6.54 Å². The second-order valence-electron chi connectivity index (χ2n) is 3.66. The Bertz CT molecular complexity index is 531. The van der Waals surface area contributed by atoms with Crippen molar-refractivity contribution in [2.24, 2.45) is 9.98 Å². The third kappa shape index (κ3) is 3.22. The van der Waals surface area contributed by atoms with Gasteiger partial charge in [0.25, 0.3) is 0 Å². The topological polar surface area (TPSA) is 64.6 Å². The third-order valence-corrected chi connectivity index (χ3v) is 3.42. The van der Waals surface area contributed by atoms with Crippen LogP contribution in [0.2, 0.25) is 5.15 Å². The Hall–Kier alpha value is -1.58. The first kappa shape index (κ1) is 12.9. The zero-order valence-corrected chi connectivity index (χ0v) is 11.2. The largest absolute Gasteiger partial charge is 0.358 e. The maximum atomic E-state index is 8.46. The van der Waals surface area contributed by atoms with Crippen molar-refractivity contribution in [3.8, 4) is 6.19 Å². The lowest BCUT2D eigenvalue weighted by Crippen LogP contribution is -2.26. The molecule has 0 saturated heterocycles. The molecule has 5 nitrogen and oxygen atoms in total. The van der Waals surface area contributed by atoms with Crippen LogP contribution >= 0.6 is 23.4 Å². The average molecular weight is 280 g/mol. The number of pyridine rings is 1. The molecule has 7 heteroatoms. The summed E-state index contributed by atoms with van der Waals surface area (Å²) in [5.41, 5.74) is 1.06. The van der Waals surface area contributed by atoms with Gasteiger partial charge in [0.15, 0.2) is 0 Å². The van der Waals surface area contributed by atoms with Crippen molar-refractivity contribution in [1.29, 1.82) is 5.26 Å². The SMILES string of the molecule is CN(Cc1ccc(Cl)nc1)C1=NC(=NC#N)SC1. The van der Waals surface area contributed by atoms with Gasteiger partial charge < -0.3 is 4.90 Å². The number of nitrogens with zero attached hydrogens (tertiary/aromatic N) is 5. The van der Waals surface area contributed by atoms with Crippen LogP contribution in [0.5, 0.6) is 0 Å². The van der Waals surface area contributed by atoms with Crippen LogP contribution in [0.25, 0.3) is 0 Å². The average Bonchev–Trinajstić information content (AvgIpc) is 2.81. The van der Waals surface area contributed by atoms with Crippen molar-refractivity contribution >= 4 is 34.4 Å². The Kier molecular flexibility index (Phi) is 4.18. The quantitative estimate of drug-likeness (QED) is 0.615. The molecule has 0 amide bonds. The van der Waals surface area contributed by atoms with Gasteiger partial charge in [0, 0.05) is 19.8 Å². The first-order valence-electron chi connectivity index (χ1n) is 5.18. The highest BCUT2D eigenvalue weighted by Gasteiger charge is 2.17.